The van der Waals surface area contributed by atoms with Crippen LogP contribution in [0.1, 0.15) is 34.8 Å². The molecule has 4 rings (SSSR count). The molecular formula is C20H20N2O4. The van der Waals surface area contributed by atoms with Crippen molar-refractivity contribution in [2.24, 2.45) is 0 Å². The second-order valence-corrected chi connectivity index (χ2v) is 6.36. The van der Waals surface area contributed by atoms with Gasteiger partial charge in [-0.15, -0.1) is 0 Å². The van der Waals surface area contributed by atoms with Gasteiger partial charge in [0.05, 0.1) is 0 Å². The zero-order valence-corrected chi connectivity index (χ0v) is 14.6. The minimum atomic E-state index is -0.161. The maximum atomic E-state index is 12.4. The molecule has 2 aromatic rings. The molecule has 6 nitrogen and oxygen atoms in total. The van der Waals surface area contributed by atoms with Gasteiger partial charge in [-0.1, -0.05) is 19.1 Å². The molecule has 0 atom stereocenters. The van der Waals surface area contributed by atoms with Gasteiger partial charge in [0, 0.05) is 30.8 Å². The molecule has 2 heterocycles. The summed E-state index contributed by atoms with van der Waals surface area (Å²) in [4.78, 5) is 26.2. The van der Waals surface area contributed by atoms with E-state index in [1.807, 2.05) is 24.0 Å². The SMILES string of the molecule is CCC(=O)N1CCc2cc(CNC(=O)c3ccc4c(c3)OCO4)ccc21. The number of ether oxygens (including phenoxy) is 2. The first-order valence-corrected chi connectivity index (χ1v) is 8.75. The summed E-state index contributed by atoms with van der Waals surface area (Å²) in [6.45, 7) is 3.23. The van der Waals surface area contributed by atoms with Gasteiger partial charge in [0.25, 0.3) is 5.91 Å². The molecule has 2 aromatic carbocycles. The van der Waals surface area contributed by atoms with Crippen molar-refractivity contribution >= 4 is 17.5 Å². The number of hydrogen-bond donors (Lipinski definition) is 1. The van der Waals surface area contributed by atoms with Crippen molar-refractivity contribution in [3.8, 4) is 11.5 Å². The molecule has 2 aliphatic heterocycles. The van der Waals surface area contributed by atoms with E-state index in [1.54, 1.807) is 18.2 Å². The molecule has 26 heavy (non-hydrogen) atoms. The van der Waals surface area contributed by atoms with Crippen LogP contribution in [0, 0.1) is 0 Å². The van der Waals surface area contributed by atoms with Crippen molar-refractivity contribution in [3.05, 3.63) is 53.1 Å². The Kier molecular flexibility index (Phi) is 4.24. The molecule has 0 fully saturated rings. The average molecular weight is 352 g/mol. The molecular weight excluding hydrogens is 332 g/mol. The lowest BCUT2D eigenvalue weighted by molar-refractivity contribution is -0.118. The zero-order valence-electron chi connectivity index (χ0n) is 14.6. The summed E-state index contributed by atoms with van der Waals surface area (Å²) < 4.78 is 10.6. The topological polar surface area (TPSA) is 67.9 Å². The summed E-state index contributed by atoms with van der Waals surface area (Å²) in [7, 11) is 0. The smallest absolute Gasteiger partial charge is 0.251 e. The average Bonchev–Trinajstić information content (AvgIpc) is 3.31. The van der Waals surface area contributed by atoms with Crippen LogP contribution in [0.2, 0.25) is 0 Å². The summed E-state index contributed by atoms with van der Waals surface area (Å²) in [5, 5.41) is 2.93. The molecule has 0 bridgehead atoms. The molecule has 6 heteroatoms. The van der Waals surface area contributed by atoms with Crippen molar-refractivity contribution in [2.75, 3.05) is 18.2 Å². The largest absolute Gasteiger partial charge is 0.454 e. The Balaban J connectivity index is 1.42. The van der Waals surface area contributed by atoms with Crippen LogP contribution in [-0.4, -0.2) is 25.2 Å². The van der Waals surface area contributed by atoms with E-state index in [0.717, 1.165) is 29.8 Å². The third-order valence-electron chi connectivity index (χ3n) is 4.73. The van der Waals surface area contributed by atoms with E-state index in [1.165, 1.54) is 0 Å². The fourth-order valence-corrected chi connectivity index (χ4v) is 3.34. The Morgan fingerprint density at radius 2 is 1.96 bits per heavy atom. The Morgan fingerprint density at radius 3 is 2.81 bits per heavy atom. The number of anilines is 1. The molecule has 2 aliphatic rings. The van der Waals surface area contributed by atoms with Gasteiger partial charge in [-0.25, -0.2) is 0 Å². The van der Waals surface area contributed by atoms with E-state index in [0.29, 0.717) is 30.0 Å². The van der Waals surface area contributed by atoms with Crippen LogP contribution >= 0.6 is 0 Å². The van der Waals surface area contributed by atoms with E-state index in [9.17, 15) is 9.59 Å². The predicted octanol–water partition coefficient (Wildman–Crippen LogP) is 2.64. The minimum Gasteiger partial charge on any atom is -0.454 e. The van der Waals surface area contributed by atoms with E-state index >= 15 is 0 Å². The van der Waals surface area contributed by atoms with Crippen LogP contribution in [0.15, 0.2) is 36.4 Å². The van der Waals surface area contributed by atoms with Gasteiger partial charge >= 0.3 is 0 Å². The monoisotopic (exact) mass is 352 g/mol. The highest BCUT2D eigenvalue weighted by Crippen LogP contribution is 2.32. The normalized spacial score (nSPS) is 14.3. The third-order valence-corrected chi connectivity index (χ3v) is 4.73. The first kappa shape index (κ1) is 16.4. The quantitative estimate of drug-likeness (QED) is 0.919. The van der Waals surface area contributed by atoms with Crippen molar-refractivity contribution < 1.29 is 19.1 Å². The lowest BCUT2D eigenvalue weighted by Crippen LogP contribution is -2.27. The number of carbonyl (C=O) groups is 2. The van der Waals surface area contributed by atoms with Crippen LogP contribution in [0.5, 0.6) is 11.5 Å². The van der Waals surface area contributed by atoms with Crippen molar-refractivity contribution in [2.45, 2.75) is 26.3 Å². The predicted molar refractivity (Wildman–Crippen MR) is 96.5 cm³/mol. The molecule has 0 unspecified atom stereocenters. The van der Waals surface area contributed by atoms with Crippen LogP contribution in [0.25, 0.3) is 0 Å². The fourth-order valence-electron chi connectivity index (χ4n) is 3.34. The van der Waals surface area contributed by atoms with Gasteiger partial charge in [0.2, 0.25) is 12.7 Å². The van der Waals surface area contributed by atoms with Gasteiger partial charge in [0.15, 0.2) is 11.5 Å². The number of nitrogens with one attached hydrogen (secondary N) is 1. The molecule has 0 aliphatic carbocycles. The molecule has 1 N–H and O–H groups in total. The van der Waals surface area contributed by atoms with E-state index in [4.69, 9.17) is 9.47 Å². The zero-order chi connectivity index (χ0) is 18.1. The summed E-state index contributed by atoms with van der Waals surface area (Å²) in [5.74, 6) is 1.24. The van der Waals surface area contributed by atoms with Crippen molar-refractivity contribution in [1.82, 2.24) is 5.32 Å². The molecule has 134 valence electrons. The fraction of sp³-hybridized carbons (Fsp3) is 0.300. The molecule has 0 spiro atoms. The van der Waals surface area contributed by atoms with E-state index in [2.05, 4.69) is 11.4 Å². The number of amides is 2. The highest BCUT2D eigenvalue weighted by molar-refractivity contribution is 5.96. The molecule has 0 saturated heterocycles. The third kappa shape index (κ3) is 2.98. The standard InChI is InChI=1S/C20H20N2O4/c1-2-19(23)22-8-7-14-9-13(3-5-16(14)22)11-21-20(24)15-4-6-17-18(10-15)26-12-25-17/h3-6,9-10H,2,7-8,11-12H2,1H3,(H,21,24). The number of nitrogens with zero attached hydrogens (tertiary/aromatic N) is 1. The number of fused-ring (bicyclic) bond motifs is 2. The number of hydrogen-bond acceptors (Lipinski definition) is 4. The highest BCUT2D eigenvalue weighted by Gasteiger charge is 2.23. The molecule has 0 saturated carbocycles. The summed E-state index contributed by atoms with van der Waals surface area (Å²) in [5.41, 5.74) is 3.70. The van der Waals surface area contributed by atoms with Crippen LogP contribution < -0.4 is 19.7 Å². The second-order valence-electron chi connectivity index (χ2n) is 6.36. The first-order valence-electron chi connectivity index (χ1n) is 8.75. The van der Waals surface area contributed by atoms with Gasteiger partial charge in [0.1, 0.15) is 0 Å². The Bertz CT molecular complexity index is 878. The number of carbonyl (C=O) groups excluding carboxylic acids is 2. The Morgan fingerprint density at radius 1 is 1.12 bits per heavy atom. The van der Waals surface area contributed by atoms with Crippen molar-refractivity contribution in [1.29, 1.82) is 0 Å². The second kappa shape index (κ2) is 6.71. The Labute approximate surface area is 151 Å². The van der Waals surface area contributed by atoms with Crippen LogP contribution in [0.3, 0.4) is 0 Å². The number of rotatable bonds is 4. The molecule has 0 aromatic heterocycles. The van der Waals surface area contributed by atoms with E-state index < -0.39 is 0 Å². The highest BCUT2D eigenvalue weighted by atomic mass is 16.7. The van der Waals surface area contributed by atoms with Gasteiger partial charge in [-0.05, 0) is 41.8 Å². The summed E-state index contributed by atoms with van der Waals surface area (Å²) in [6.07, 6.45) is 1.36. The maximum Gasteiger partial charge on any atom is 0.251 e. The summed E-state index contributed by atoms with van der Waals surface area (Å²) >= 11 is 0. The van der Waals surface area contributed by atoms with Crippen LogP contribution in [-0.2, 0) is 17.8 Å². The van der Waals surface area contributed by atoms with Gasteiger partial charge in [-0.3, -0.25) is 9.59 Å². The number of benzene rings is 2. The molecule has 0 radical (unpaired) electrons. The van der Waals surface area contributed by atoms with E-state index in [-0.39, 0.29) is 18.6 Å². The molecule has 2 amide bonds. The van der Waals surface area contributed by atoms with Gasteiger partial charge < -0.3 is 19.7 Å². The maximum absolute atomic E-state index is 12.4. The minimum absolute atomic E-state index is 0.146. The lowest BCUT2D eigenvalue weighted by atomic mass is 10.1. The van der Waals surface area contributed by atoms with Gasteiger partial charge in [-0.2, -0.15) is 0 Å². The lowest BCUT2D eigenvalue weighted by Gasteiger charge is -2.16. The summed E-state index contributed by atoms with van der Waals surface area (Å²) in [6, 6.07) is 11.1. The van der Waals surface area contributed by atoms with Crippen molar-refractivity contribution in [3.63, 3.8) is 0 Å². The Hall–Kier alpha value is -3.02. The van der Waals surface area contributed by atoms with Crippen LogP contribution in [0.4, 0.5) is 5.69 Å². The first-order chi connectivity index (χ1) is 12.7.